The molecule has 6 heteroatoms. The van der Waals surface area contributed by atoms with E-state index in [0.717, 1.165) is 11.1 Å². The number of ether oxygens (including phenoxy) is 3. The third-order valence-electron chi connectivity index (χ3n) is 5.38. The van der Waals surface area contributed by atoms with Gasteiger partial charge in [0.25, 0.3) is 0 Å². The lowest BCUT2D eigenvalue weighted by atomic mass is 9.80. The summed E-state index contributed by atoms with van der Waals surface area (Å²) in [5.74, 6) is -0.168. The Bertz CT molecular complexity index is 769. The number of hydrogen-bond donors (Lipinski definition) is 2. The fourth-order valence-corrected chi connectivity index (χ4v) is 3.92. The highest BCUT2D eigenvalue weighted by Crippen LogP contribution is 2.33. The minimum Gasteiger partial charge on any atom is -0.444 e. The summed E-state index contributed by atoms with van der Waals surface area (Å²) < 4.78 is 17.3. The van der Waals surface area contributed by atoms with E-state index in [1.165, 1.54) is 0 Å². The summed E-state index contributed by atoms with van der Waals surface area (Å²) in [4.78, 5) is 11.7. The van der Waals surface area contributed by atoms with E-state index in [-0.39, 0.29) is 18.1 Å². The van der Waals surface area contributed by atoms with Gasteiger partial charge in [-0.2, -0.15) is 0 Å². The number of nitrogens with one attached hydrogen (secondary N) is 1. The van der Waals surface area contributed by atoms with Crippen molar-refractivity contribution in [2.45, 2.75) is 44.0 Å². The topological polar surface area (TPSA) is 77.0 Å². The number of alkyl carbamates (subject to hydrolysis) is 1. The van der Waals surface area contributed by atoms with E-state index in [1.807, 2.05) is 60.7 Å². The van der Waals surface area contributed by atoms with Crippen LogP contribution >= 0.6 is 0 Å². The maximum Gasteiger partial charge on any atom is 0.407 e. The van der Waals surface area contributed by atoms with Crippen molar-refractivity contribution in [1.29, 1.82) is 0 Å². The van der Waals surface area contributed by atoms with Gasteiger partial charge in [-0.05, 0) is 17.5 Å². The monoisotopic (exact) mass is 383 g/mol. The molecule has 0 unspecified atom stereocenters. The molecule has 5 atom stereocenters. The van der Waals surface area contributed by atoms with Crippen molar-refractivity contribution in [3.8, 4) is 0 Å². The molecule has 4 rings (SSSR count). The van der Waals surface area contributed by atoms with E-state index in [0.29, 0.717) is 26.2 Å². The molecule has 2 aromatic rings. The SMILES string of the molecule is O=C1N[C@@H]2[C@@H](OCc3ccccc3)[C@H](O)[C@@H](COCc3ccccc3)C[C@@H]2O1. The first-order valence-corrected chi connectivity index (χ1v) is 9.63. The zero-order valence-corrected chi connectivity index (χ0v) is 15.6. The van der Waals surface area contributed by atoms with Gasteiger partial charge in [-0.3, -0.25) is 0 Å². The molecular weight excluding hydrogens is 358 g/mol. The van der Waals surface area contributed by atoms with Gasteiger partial charge in [0.05, 0.1) is 32.0 Å². The molecule has 0 aromatic heterocycles. The van der Waals surface area contributed by atoms with Crippen molar-refractivity contribution < 1.29 is 24.1 Å². The van der Waals surface area contributed by atoms with Gasteiger partial charge in [0, 0.05) is 5.92 Å². The Kier molecular flexibility index (Phi) is 5.90. The summed E-state index contributed by atoms with van der Waals surface area (Å²) in [6, 6.07) is 19.3. The molecule has 2 N–H and O–H groups in total. The minimum absolute atomic E-state index is 0.168. The number of aliphatic hydroxyl groups excluding tert-OH is 1. The van der Waals surface area contributed by atoms with Crippen LogP contribution in [-0.2, 0) is 27.4 Å². The van der Waals surface area contributed by atoms with Crippen LogP contribution in [0.3, 0.4) is 0 Å². The second-order valence-corrected chi connectivity index (χ2v) is 7.36. The van der Waals surface area contributed by atoms with Crippen LogP contribution in [0, 0.1) is 5.92 Å². The van der Waals surface area contributed by atoms with Crippen LogP contribution in [-0.4, -0.2) is 42.2 Å². The van der Waals surface area contributed by atoms with Crippen LogP contribution < -0.4 is 5.32 Å². The smallest absolute Gasteiger partial charge is 0.407 e. The van der Waals surface area contributed by atoms with Gasteiger partial charge in [-0.15, -0.1) is 0 Å². The van der Waals surface area contributed by atoms with Gasteiger partial charge in [0.1, 0.15) is 12.2 Å². The van der Waals surface area contributed by atoms with Gasteiger partial charge in [-0.25, -0.2) is 4.79 Å². The molecule has 0 radical (unpaired) electrons. The van der Waals surface area contributed by atoms with E-state index >= 15 is 0 Å². The van der Waals surface area contributed by atoms with E-state index in [9.17, 15) is 9.90 Å². The summed E-state index contributed by atoms with van der Waals surface area (Å²) in [5.41, 5.74) is 2.09. The highest BCUT2D eigenvalue weighted by atomic mass is 16.6. The third-order valence-corrected chi connectivity index (χ3v) is 5.38. The van der Waals surface area contributed by atoms with Crippen molar-refractivity contribution in [1.82, 2.24) is 5.32 Å². The number of carbonyl (C=O) groups is 1. The normalized spacial score (nSPS) is 29.0. The number of rotatable bonds is 7. The number of amides is 1. The van der Waals surface area contributed by atoms with Crippen LogP contribution in [0.25, 0.3) is 0 Å². The van der Waals surface area contributed by atoms with E-state index in [4.69, 9.17) is 14.2 Å². The molecule has 1 aliphatic heterocycles. The zero-order valence-electron chi connectivity index (χ0n) is 15.6. The molecule has 2 aromatic carbocycles. The van der Waals surface area contributed by atoms with E-state index in [2.05, 4.69) is 5.32 Å². The molecule has 1 heterocycles. The highest BCUT2D eigenvalue weighted by Gasteiger charge is 2.50. The molecule has 148 valence electrons. The average Bonchev–Trinajstić information content (AvgIpc) is 3.09. The molecular formula is C22H25NO5. The Morgan fingerprint density at radius 2 is 1.64 bits per heavy atom. The summed E-state index contributed by atoms with van der Waals surface area (Å²) in [6.45, 7) is 1.22. The largest absolute Gasteiger partial charge is 0.444 e. The zero-order chi connectivity index (χ0) is 19.3. The molecule has 1 saturated heterocycles. The van der Waals surface area contributed by atoms with Crippen molar-refractivity contribution in [2.24, 2.45) is 5.92 Å². The summed E-state index contributed by atoms with van der Waals surface area (Å²) in [5, 5.41) is 13.7. The van der Waals surface area contributed by atoms with Crippen LogP contribution in [0.2, 0.25) is 0 Å². The third kappa shape index (κ3) is 4.35. The molecule has 0 spiro atoms. The van der Waals surface area contributed by atoms with Crippen LogP contribution in [0.15, 0.2) is 60.7 Å². The summed E-state index contributed by atoms with van der Waals surface area (Å²) >= 11 is 0. The maximum absolute atomic E-state index is 11.7. The molecule has 1 aliphatic carbocycles. The molecule has 2 aliphatic rings. The number of hydrogen-bond acceptors (Lipinski definition) is 5. The fourth-order valence-electron chi connectivity index (χ4n) is 3.92. The highest BCUT2D eigenvalue weighted by molar-refractivity contribution is 5.70. The van der Waals surface area contributed by atoms with Crippen molar-refractivity contribution in [3.63, 3.8) is 0 Å². The molecule has 2 fully saturated rings. The van der Waals surface area contributed by atoms with Gasteiger partial charge in [0.15, 0.2) is 0 Å². The summed E-state index contributed by atoms with van der Waals surface area (Å²) in [7, 11) is 0. The fraction of sp³-hybridized carbons (Fsp3) is 0.409. The molecule has 28 heavy (non-hydrogen) atoms. The van der Waals surface area contributed by atoms with Crippen LogP contribution in [0.5, 0.6) is 0 Å². The van der Waals surface area contributed by atoms with Crippen LogP contribution in [0.1, 0.15) is 17.5 Å². The molecule has 1 amide bonds. The number of aliphatic hydroxyl groups is 1. The predicted molar refractivity (Wildman–Crippen MR) is 102 cm³/mol. The Morgan fingerprint density at radius 1 is 1.00 bits per heavy atom. The minimum atomic E-state index is -0.747. The van der Waals surface area contributed by atoms with Crippen molar-refractivity contribution in [3.05, 3.63) is 71.8 Å². The summed E-state index contributed by atoms with van der Waals surface area (Å²) in [6.07, 6.45) is -1.52. The second kappa shape index (κ2) is 8.73. The number of carbonyl (C=O) groups excluding carboxylic acids is 1. The van der Waals surface area contributed by atoms with Crippen molar-refractivity contribution >= 4 is 6.09 Å². The van der Waals surface area contributed by atoms with E-state index in [1.54, 1.807) is 0 Å². The lowest BCUT2D eigenvalue weighted by molar-refractivity contribution is -0.135. The lowest BCUT2D eigenvalue weighted by Crippen LogP contribution is -2.57. The van der Waals surface area contributed by atoms with E-state index < -0.39 is 18.3 Å². The Labute approximate surface area is 164 Å². The number of fused-ring (bicyclic) bond motifs is 1. The number of benzene rings is 2. The van der Waals surface area contributed by atoms with Gasteiger partial charge in [0.2, 0.25) is 0 Å². The lowest BCUT2D eigenvalue weighted by Gasteiger charge is -2.40. The standard InChI is InChI=1S/C22H25NO5/c24-20-17(14-26-12-15-7-3-1-4-8-15)11-18-19(23-22(25)28-18)21(20)27-13-16-9-5-2-6-10-16/h1-10,17-21,24H,11-14H2,(H,23,25)/t17-,18+,19+,20-,21-/m1/s1. The predicted octanol–water partition coefficient (Wildman–Crippen LogP) is 2.65. The van der Waals surface area contributed by atoms with Crippen molar-refractivity contribution in [2.75, 3.05) is 6.61 Å². The first-order valence-electron chi connectivity index (χ1n) is 9.63. The molecule has 1 saturated carbocycles. The Morgan fingerprint density at radius 3 is 2.32 bits per heavy atom. The first-order chi connectivity index (χ1) is 13.7. The van der Waals surface area contributed by atoms with Crippen LogP contribution in [0.4, 0.5) is 4.79 Å². The molecule has 6 nitrogen and oxygen atoms in total. The quantitative estimate of drug-likeness (QED) is 0.769. The van der Waals surface area contributed by atoms with Gasteiger partial charge in [-0.1, -0.05) is 60.7 Å². The van der Waals surface area contributed by atoms with Gasteiger partial charge < -0.3 is 24.6 Å². The Hall–Kier alpha value is -2.41. The first kappa shape index (κ1) is 18.9. The van der Waals surface area contributed by atoms with Gasteiger partial charge >= 0.3 is 6.09 Å². The maximum atomic E-state index is 11.7. The second-order valence-electron chi connectivity index (χ2n) is 7.36. The molecule has 0 bridgehead atoms. The Balaban J connectivity index is 1.39. The average molecular weight is 383 g/mol.